The van der Waals surface area contributed by atoms with Gasteiger partial charge in [0.25, 0.3) is 0 Å². The van der Waals surface area contributed by atoms with E-state index in [2.05, 4.69) is 10.3 Å². The van der Waals surface area contributed by atoms with Gasteiger partial charge in [0.1, 0.15) is 5.75 Å². The number of aromatic nitrogens is 1. The van der Waals surface area contributed by atoms with Gasteiger partial charge in [-0.05, 0) is 37.4 Å². The van der Waals surface area contributed by atoms with Gasteiger partial charge in [0.15, 0.2) is 17.5 Å². The third-order valence-corrected chi connectivity index (χ3v) is 3.19. The number of nitrogens with one attached hydrogen (secondary N) is 1. The lowest BCUT2D eigenvalue weighted by atomic mass is 10.0. The number of phenols is 1. The van der Waals surface area contributed by atoms with Crippen LogP contribution in [-0.4, -0.2) is 22.7 Å². The molecule has 1 atom stereocenters. The first-order valence-corrected chi connectivity index (χ1v) is 5.62. The van der Waals surface area contributed by atoms with E-state index in [-0.39, 0.29) is 5.75 Å². The second-order valence-electron chi connectivity index (χ2n) is 4.27. The number of fused-ring (bicyclic) bond motifs is 1. The van der Waals surface area contributed by atoms with Crippen LogP contribution in [0, 0.1) is 0 Å². The summed E-state index contributed by atoms with van der Waals surface area (Å²) in [6.45, 7) is 1.08. The third-order valence-electron chi connectivity index (χ3n) is 3.19. The Morgan fingerprint density at radius 2 is 2.44 bits per heavy atom. The topological polar surface area (TPSA) is 58.3 Å². The molecule has 2 aromatic rings. The molecular weight excluding hydrogens is 204 g/mol. The first-order chi connectivity index (χ1) is 7.84. The molecule has 4 heteroatoms. The first kappa shape index (κ1) is 9.66. The molecule has 0 bridgehead atoms. The van der Waals surface area contributed by atoms with Gasteiger partial charge in [0, 0.05) is 6.04 Å². The fourth-order valence-corrected chi connectivity index (χ4v) is 2.32. The minimum absolute atomic E-state index is 0.264. The maximum Gasteiger partial charge on any atom is 0.182 e. The van der Waals surface area contributed by atoms with Gasteiger partial charge in [-0.1, -0.05) is 6.07 Å². The highest BCUT2D eigenvalue weighted by Gasteiger charge is 2.17. The zero-order valence-corrected chi connectivity index (χ0v) is 8.94. The van der Waals surface area contributed by atoms with E-state index >= 15 is 0 Å². The molecule has 1 aromatic heterocycles. The lowest BCUT2D eigenvalue weighted by Crippen LogP contribution is -2.23. The normalized spacial score (nSPS) is 20.6. The van der Waals surface area contributed by atoms with Gasteiger partial charge in [-0.15, -0.1) is 0 Å². The lowest BCUT2D eigenvalue weighted by molar-refractivity contribution is 0.467. The van der Waals surface area contributed by atoms with E-state index in [4.69, 9.17) is 4.42 Å². The van der Waals surface area contributed by atoms with Crippen LogP contribution in [0.5, 0.6) is 5.75 Å². The molecule has 0 aliphatic carbocycles. The SMILES string of the molecule is Oc1c(CC2CCCN2)ccc2ocnc12. The summed E-state index contributed by atoms with van der Waals surface area (Å²) in [6.07, 6.45) is 4.62. The van der Waals surface area contributed by atoms with Crippen molar-refractivity contribution in [2.45, 2.75) is 25.3 Å². The molecular formula is C12H14N2O2. The monoisotopic (exact) mass is 218 g/mol. The molecule has 16 heavy (non-hydrogen) atoms. The molecule has 4 nitrogen and oxygen atoms in total. The van der Waals surface area contributed by atoms with Crippen LogP contribution in [0.2, 0.25) is 0 Å². The second-order valence-corrected chi connectivity index (χ2v) is 4.27. The maximum atomic E-state index is 10.0. The van der Waals surface area contributed by atoms with E-state index in [0.717, 1.165) is 18.5 Å². The van der Waals surface area contributed by atoms with Crippen LogP contribution in [0.1, 0.15) is 18.4 Å². The van der Waals surface area contributed by atoms with E-state index in [9.17, 15) is 5.11 Å². The molecule has 3 rings (SSSR count). The highest BCUT2D eigenvalue weighted by atomic mass is 16.3. The molecule has 0 amide bonds. The van der Waals surface area contributed by atoms with Crippen LogP contribution in [0.25, 0.3) is 11.1 Å². The van der Waals surface area contributed by atoms with Crippen molar-refractivity contribution in [3.05, 3.63) is 24.1 Å². The largest absolute Gasteiger partial charge is 0.505 e. The molecule has 1 aromatic carbocycles. The van der Waals surface area contributed by atoms with E-state index in [1.807, 2.05) is 12.1 Å². The van der Waals surface area contributed by atoms with Crippen LogP contribution in [-0.2, 0) is 6.42 Å². The molecule has 2 heterocycles. The minimum atomic E-state index is 0.264. The Balaban J connectivity index is 1.93. The predicted molar refractivity (Wildman–Crippen MR) is 60.4 cm³/mol. The lowest BCUT2D eigenvalue weighted by Gasteiger charge is -2.11. The van der Waals surface area contributed by atoms with Gasteiger partial charge < -0.3 is 14.8 Å². The zero-order chi connectivity index (χ0) is 11.0. The number of benzene rings is 1. The van der Waals surface area contributed by atoms with Gasteiger partial charge in [-0.3, -0.25) is 0 Å². The summed E-state index contributed by atoms with van der Waals surface area (Å²) in [7, 11) is 0. The molecule has 1 aliphatic rings. The van der Waals surface area contributed by atoms with Gasteiger partial charge in [-0.25, -0.2) is 4.98 Å². The fourth-order valence-electron chi connectivity index (χ4n) is 2.32. The van der Waals surface area contributed by atoms with Gasteiger partial charge in [0.2, 0.25) is 0 Å². The van der Waals surface area contributed by atoms with Crippen LogP contribution < -0.4 is 5.32 Å². The Hall–Kier alpha value is -1.55. The van der Waals surface area contributed by atoms with Crippen LogP contribution in [0.15, 0.2) is 22.9 Å². The fraction of sp³-hybridized carbons (Fsp3) is 0.417. The van der Waals surface area contributed by atoms with Crippen molar-refractivity contribution >= 4 is 11.1 Å². The Bertz CT molecular complexity index is 501. The third kappa shape index (κ3) is 1.55. The quantitative estimate of drug-likeness (QED) is 0.807. The van der Waals surface area contributed by atoms with Crippen molar-refractivity contribution in [2.75, 3.05) is 6.54 Å². The Labute approximate surface area is 93.3 Å². The number of oxazole rings is 1. The second kappa shape index (κ2) is 3.79. The smallest absolute Gasteiger partial charge is 0.182 e. The molecule has 1 unspecified atom stereocenters. The van der Waals surface area contributed by atoms with E-state index < -0.39 is 0 Å². The number of hydrogen-bond acceptors (Lipinski definition) is 4. The number of phenolic OH excluding ortho intramolecular Hbond substituents is 1. The van der Waals surface area contributed by atoms with Gasteiger partial charge in [0.05, 0.1) is 0 Å². The van der Waals surface area contributed by atoms with Crippen LogP contribution in [0.4, 0.5) is 0 Å². The summed E-state index contributed by atoms with van der Waals surface area (Å²) in [5.41, 5.74) is 2.15. The summed E-state index contributed by atoms with van der Waals surface area (Å²) < 4.78 is 5.14. The first-order valence-electron chi connectivity index (χ1n) is 5.62. The predicted octanol–water partition coefficient (Wildman–Crippen LogP) is 1.83. The highest BCUT2D eigenvalue weighted by molar-refractivity contribution is 5.80. The Morgan fingerprint density at radius 1 is 1.50 bits per heavy atom. The van der Waals surface area contributed by atoms with E-state index in [1.165, 1.54) is 19.2 Å². The summed E-state index contributed by atoms with van der Waals surface area (Å²) >= 11 is 0. The van der Waals surface area contributed by atoms with Crippen LogP contribution >= 0.6 is 0 Å². The van der Waals surface area contributed by atoms with Gasteiger partial charge >= 0.3 is 0 Å². The molecule has 1 aliphatic heterocycles. The average molecular weight is 218 g/mol. The van der Waals surface area contributed by atoms with Crippen molar-refractivity contribution in [3.8, 4) is 5.75 Å². The summed E-state index contributed by atoms with van der Waals surface area (Å²) in [5, 5.41) is 13.5. The standard InChI is InChI=1S/C12H14N2O2/c15-12-8(6-9-2-1-5-13-9)3-4-10-11(12)14-7-16-10/h3-4,7,9,13,15H,1-2,5-6H2. The summed E-state index contributed by atoms with van der Waals surface area (Å²) in [4.78, 5) is 4.02. The van der Waals surface area contributed by atoms with Crippen molar-refractivity contribution in [2.24, 2.45) is 0 Å². The molecule has 1 fully saturated rings. The van der Waals surface area contributed by atoms with Crippen molar-refractivity contribution in [3.63, 3.8) is 0 Å². The summed E-state index contributed by atoms with van der Waals surface area (Å²) in [6, 6.07) is 4.27. The molecule has 84 valence electrons. The summed E-state index contributed by atoms with van der Waals surface area (Å²) in [5.74, 6) is 0.264. The van der Waals surface area contributed by atoms with E-state index in [0.29, 0.717) is 17.1 Å². The van der Waals surface area contributed by atoms with Crippen molar-refractivity contribution in [1.29, 1.82) is 0 Å². The molecule has 0 spiro atoms. The Morgan fingerprint density at radius 3 is 3.25 bits per heavy atom. The maximum absolute atomic E-state index is 10.0. The van der Waals surface area contributed by atoms with Crippen LogP contribution in [0.3, 0.4) is 0 Å². The molecule has 2 N–H and O–H groups in total. The van der Waals surface area contributed by atoms with E-state index in [1.54, 1.807) is 0 Å². The minimum Gasteiger partial charge on any atom is -0.505 e. The average Bonchev–Trinajstić information content (AvgIpc) is 2.93. The number of hydrogen-bond donors (Lipinski definition) is 2. The number of nitrogens with zero attached hydrogens (tertiary/aromatic N) is 1. The molecule has 0 saturated carbocycles. The molecule has 1 saturated heterocycles. The number of aromatic hydroxyl groups is 1. The van der Waals surface area contributed by atoms with Gasteiger partial charge in [-0.2, -0.15) is 0 Å². The molecule has 0 radical (unpaired) electrons. The Kier molecular flexibility index (Phi) is 2.29. The van der Waals surface area contributed by atoms with Crippen molar-refractivity contribution in [1.82, 2.24) is 10.3 Å². The zero-order valence-electron chi connectivity index (χ0n) is 8.94. The highest BCUT2D eigenvalue weighted by Crippen LogP contribution is 2.29. The van der Waals surface area contributed by atoms with Crippen molar-refractivity contribution < 1.29 is 9.52 Å². The number of rotatable bonds is 2.